The third-order valence-electron chi connectivity index (χ3n) is 2.91. The molecule has 0 atom stereocenters. The standard InChI is InChI=1S/C18H14N4/c19-11-17(21-13-15-7-3-1-4-8-15)18(12-20)22-14-16-9-5-2-6-10-16/h1-10,13,22H,14H2/b18-17+,21-13+. The van der Waals surface area contributed by atoms with Crippen molar-refractivity contribution in [2.75, 3.05) is 0 Å². The number of allylic oxidation sites excluding steroid dienone is 2. The monoisotopic (exact) mass is 286 g/mol. The van der Waals surface area contributed by atoms with Gasteiger partial charge in [0.15, 0.2) is 11.4 Å². The third kappa shape index (κ3) is 4.33. The van der Waals surface area contributed by atoms with Gasteiger partial charge in [-0.05, 0) is 11.1 Å². The van der Waals surface area contributed by atoms with E-state index in [9.17, 15) is 10.5 Å². The number of hydrogen-bond acceptors (Lipinski definition) is 4. The van der Waals surface area contributed by atoms with Crippen LogP contribution in [-0.4, -0.2) is 6.21 Å². The van der Waals surface area contributed by atoms with Gasteiger partial charge in [0.1, 0.15) is 12.1 Å². The van der Waals surface area contributed by atoms with Crippen LogP contribution in [0.25, 0.3) is 0 Å². The van der Waals surface area contributed by atoms with E-state index in [1.54, 1.807) is 6.21 Å². The van der Waals surface area contributed by atoms with E-state index in [-0.39, 0.29) is 11.4 Å². The molecule has 106 valence electrons. The highest BCUT2D eigenvalue weighted by molar-refractivity contribution is 5.80. The Kier molecular flexibility index (Phi) is 5.49. The molecular formula is C18H14N4. The lowest BCUT2D eigenvalue weighted by Crippen LogP contribution is -2.13. The molecule has 0 aromatic heterocycles. The van der Waals surface area contributed by atoms with Crippen molar-refractivity contribution in [3.8, 4) is 12.1 Å². The molecule has 2 aromatic carbocycles. The van der Waals surface area contributed by atoms with Gasteiger partial charge in [-0.25, -0.2) is 4.99 Å². The normalized spacial score (nSPS) is 11.4. The molecule has 0 aliphatic heterocycles. The van der Waals surface area contributed by atoms with Crippen LogP contribution in [0.5, 0.6) is 0 Å². The van der Waals surface area contributed by atoms with Gasteiger partial charge in [-0.15, -0.1) is 0 Å². The number of nitrogens with zero attached hydrogens (tertiary/aromatic N) is 3. The summed E-state index contributed by atoms with van der Waals surface area (Å²) in [5.41, 5.74) is 2.14. The Morgan fingerprint density at radius 2 is 1.59 bits per heavy atom. The maximum Gasteiger partial charge on any atom is 0.174 e. The lowest BCUT2D eigenvalue weighted by molar-refractivity contribution is 0.828. The molecule has 0 bridgehead atoms. The van der Waals surface area contributed by atoms with Gasteiger partial charge in [0.2, 0.25) is 0 Å². The Balaban J connectivity index is 2.14. The molecule has 0 aliphatic carbocycles. The second kappa shape index (κ2) is 8.04. The molecule has 0 amide bonds. The maximum absolute atomic E-state index is 9.21. The van der Waals surface area contributed by atoms with E-state index >= 15 is 0 Å². The van der Waals surface area contributed by atoms with Crippen LogP contribution in [0, 0.1) is 22.7 Å². The number of aliphatic imine (C=N–C) groups is 1. The topological polar surface area (TPSA) is 72.0 Å². The van der Waals surface area contributed by atoms with E-state index in [0.29, 0.717) is 6.54 Å². The Hall–Kier alpha value is -3.37. The SMILES string of the molecule is N#CC(/N=C/c1ccccc1)=C(/C#N)NCc1ccccc1. The fourth-order valence-electron chi connectivity index (χ4n) is 1.79. The highest BCUT2D eigenvalue weighted by Crippen LogP contribution is 2.05. The third-order valence-corrected chi connectivity index (χ3v) is 2.91. The molecular weight excluding hydrogens is 272 g/mol. The van der Waals surface area contributed by atoms with Crippen molar-refractivity contribution in [2.24, 2.45) is 4.99 Å². The average molecular weight is 286 g/mol. The van der Waals surface area contributed by atoms with Gasteiger partial charge < -0.3 is 5.32 Å². The second-order valence-electron chi connectivity index (χ2n) is 4.46. The highest BCUT2D eigenvalue weighted by Gasteiger charge is 2.04. The molecule has 4 heteroatoms. The first-order valence-corrected chi connectivity index (χ1v) is 6.75. The van der Waals surface area contributed by atoms with Gasteiger partial charge in [0.25, 0.3) is 0 Å². The van der Waals surface area contributed by atoms with Crippen molar-refractivity contribution in [2.45, 2.75) is 6.54 Å². The van der Waals surface area contributed by atoms with E-state index in [1.807, 2.05) is 72.8 Å². The van der Waals surface area contributed by atoms with Crippen LogP contribution in [-0.2, 0) is 6.54 Å². The summed E-state index contributed by atoms with van der Waals surface area (Å²) in [5.74, 6) is 0. The van der Waals surface area contributed by atoms with Crippen LogP contribution >= 0.6 is 0 Å². The summed E-state index contributed by atoms with van der Waals surface area (Å²) >= 11 is 0. The lowest BCUT2D eigenvalue weighted by atomic mass is 10.2. The molecule has 0 aliphatic rings. The second-order valence-corrected chi connectivity index (χ2v) is 4.46. The first-order valence-electron chi connectivity index (χ1n) is 6.75. The average Bonchev–Trinajstić information content (AvgIpc) is 2.59. The summed E-state index contributed by atoms with van der Waals surface area (Å²) < 4.78 is 0. The number of hydrogen-bond donors (Lipinski definition) is 1. The quantitative estimate of drug-likeness (QED) is 0.678. The summed E-state index contributed by atoms with van der Waals surface area (Å²) in [6, 6.07) is 23.0. The molecule has 0 radical (unpaired) electrons. The van der Waals surface area contributed by atoms with Gasteiger partial charge in [-0.3, -0.25) is 0 Å². The molecule has 0 fully saturated rings. The molecule has 0 heterocycles. The van der Waals surface area contributed by atoms with Gasteiger partial charge in [0, 0.05) is 12.8 Å². The highest BCUT2D eigenvalue weighted by atomic mass is 14.9. The van der Waals surface area contributed by atoms with E-state index in [1.165, 1.54) is 0 Å². The summed E-state index contributed by atoms with van der Waals surface area (Å²) in [5, 5.41) is 21.4. The van der Waals surface area contributed by atoms with Gasteiger partial charge >= 0.3 is 0 Å². The summed E-state index contributed by atoms with van der Waals surface area (Å²) in [4.78, 5) is 4.10. The zero-order valence-electron chi connectivity index (χ0n) is 11.9. The Labute approximate surface area is 129 Å². The zero-order chi connectivity index (χ0) is 15.6. The predicted octanol–water partition coefficient (Wildman–Crippen LogP) is 3.15. The molecule has 2 rings (SSSR count). The van der Waals surface area contributed by atoms with E-state index in [0.717, 1.165) is 11.1 Å². The smallest absolute Gasteiger partial charge is 0.174 e. The predicted molar refractivity (Wildman–Crippen MR) is 85.6 cm³/mol. The molecule has 0 spiro atoms. The van der Waals surface area contributed by atoms with Crippen molar-refractivity contribution in [1.82, 2.24) is 5.32 Å². The molecule has 22 heavy (non-hydrogen) atoms. The molecule has 1 N–H and O–H groups in total. The largest absolute Gasteiger partial charge is 0.370 e. The van der Waals surface area contributed by atoms with Crippen molar-refractivity contribution >= 4 is 6.21 Å². The van der Waals surface area contributed by atoms with Crippen LogP contribution in [0.1, 0.15) is 11.1 Å². The van der Waals surface area contributed by atoms with Crippen LogP contribution in [0.3, 0.4) is 0 Å². The van der Waals surface area contributed by atoms with Crippen molar-refractivity contribution in [1.29, 1.82) is 10.5 Å². The number of benzene rings is 2. The zero-order valence-corrected chi connectivity index (χ0v) is 11.9. The first-order chi connectivity index (χ1) is 10.8. The van der Waals surface area contributed by atoms with Gasteiger partial charge in [-0.1, -0.05) is 60.7 Å². The van der Waals surface area contributed by atoms with Gasteiger partial charge in [0.05, 0.1) is 0 Å². The van der Waals surface area contributed by atoms with Crippen molar-refractivity contribution in [3.05, 3.63) is 83.2 Å². The van der Waals surface area contributed by atoms with Crippen molar-refractivity contribution in [3.63, 3.8) is 0 Å². The van der Waals surface area contributed by atoms with E-state index in [2.05, 4.69) is 10.3 Å². The van der Waals surface area contributed by atoms with Crippen molar-refractivity contribution < 1.29 is 0 Å². The molecule has 0 unspecified atom stereocenters. The van der Waals surface area contributed by atoms with Crippen LogP contribution < -0.4 is 5.32 Å². The number of nitrogens with one attached hydrogen (secondary N) is 1. The summed E-state index contributed by atoms with van der Waals surface area (Å²) in [6.07, 6.45) is 1.57. The van der Waals surface area contributed by atoms with E-state index < -0.39 is 0 Å². The Morgan fingerprint density at radius 1 is 0.955 bits per heavy atom. The minimum atomic E-state index is 0.0716. The first kappa shape index (κ1) is 15.0. The molecule has 2 aromatic rings. The maximum atomic E-state index is 9.21. The summed E-state index contributed by atoms with van der Waals surface area (Å²) in [7, 11) is 0. The van der Waals surface area contributed by atoms with Crippen LogP contribution in [0.15, 0.2) is 77.1 Å². The lowest BCUT2D eigenvalue weighted by Gasteiger charge is -2.05. The molecule has 4 nitrogen and oxygen atoms in total. The Morgan fingerprint density at radius 3 is 2.18 bits per heavy atom. The minimum absolute atomic E-state index is 0.0716. The fraction of sp³-hybridized carbons (Fsp3) is 0.0556. The van der Waals surface area contributed by atoms with Gasteiger partial charge in [-0.2, -0.15) is 10.5 Å². The van der Waals surface area contributed by atoms with Crippen LogP contribution in [0.2, 0.25) is 0 Å². The molecule has 0 saturated carbocycles. The number of nitriles is 2. The number of rotatable bonds is 5. The van der Waals surface area contributed by atoms with Crippen LogP contribution in [0.4, 0.5) is 0 Å². The summed E-state index contributed by atoms with van der Waals surface area (Å²) in [6.45, 7) is 0.468. The Bertz CT molecular complexity index is 747. The minimum Gasteiger partial charge on any atom is -0.370 e. The fourth-order valence-corrected chi connectivity index (χ4v) is 1.79. The van der Waals surface area contributed by atoms with E-state index in [4.69, 9.17) is 0 Å². The molecule has 0 saturated heterocycles.